The molecule has 3 N–H and O–H groups in total. The molecular formula is C13H15N3O2S. The summed E-state index contributed by atoms with van der Waals surface area (Å²) >= 11 is 1.45. The molecule has 0 bridgehead atoms. The van der Waals surface area contributed by atoms with E-state index in [1.165, 1.54) is 11.3 Å². The minimum atomic E-state index is -0.0500. The fourth-order valence-electron chi connectivity index (χ4n) is 1.93. The van der Waals surface area contributed by atoms with Crippen LogP contribution in [0.1, 0.15) is 13.3 Å². The summed E-state index contributed by atoms with van der Waals surface area (Å²) < 4.78 is 6.44. The van der Waals surface area contributed by atoms with Crippen molar-refractivity contribution < 1.29 is 9.53 Å². The van der Waals surface area contributed by atoms with E-state index in [1.807, 2.05) is 25.1 Å². The van der Waals surface area contributed by atoms with Gasteiger partial charge in [0.1, 0.15) is 5.75 Å². The average molecular weight is 277 g/mol. The molecule has 2 atom stereocenters. The maximum Gasteiger partial charge on any atom is 0.230 e. The summed E-state index contributed by atoms with van der Waals surface area (Å²) in [5.41, 5.74) is 6.52. The Morgan fingerprint density at radius 3 is 3.11 bits per heavy atom. The number of hydrogen-bond acceptors (Lipinski definition) is 5. The van der Waals surface area contributed by atoms with Crippen LogP contribution in [0.15, 0.2) is 18.2 Å². The van der Waals surface area contributed by atoms with Gasteiger partial charge < -0.3 is 15.8 Å². The van der Waals surface area contributed by atoms with Gasteiger partial charge in [-0.25, -0.2) is 4.98 Å². The Morgan fingerprint density at radius 2 is 2.42 bits per heavy atom. The third kappa shape index (κ3) is 2.54. The quantitative estimate of drug-likeness (QED) is 0.896. The number of amides is 1. The standard InChI is InChI=1S/C13H15N3O2S/c1-2-18-7-3-4-10-11(5-7)19-13(15-10)16-12(17)8-6-9(8)14/h3-5,8-9H,2,6,14H2,1H3,(H,15,16,17). The number of nitrogens with one attached hydrogen (secondary N) is 1. The van der Waals surface area contributed by atoms with Crippen LogP contribution in [0.5, 0.6) is 5.75 Å². The molecule has 5 nitrogen and oxygen atoms in total. The molecule has 19 heavy (non-hydrogen) atoms. The molecule has 2 unspecified atom stereocenters. The molecule has 0 radical (unpaired) electrons. The Bertz CT molecular complexity index is 625. The molecular weight excluding hydrogens is 262 g/mol. The van der Waals surface area contributed by atoms with Crippen LogP contribution in [0.2, 0.25) is 0 Å². The zero-order valence-corrected chi connectivity index (χ0v) is 11.4. The molecule has 1 saturated carbocycles. The number of nitrogens with two attached hydrogens (primary N) is 1. The number of aromatic nitrogens is 1. The lowest BCUT2D eigenvalue weighted by atomic mass is 10.3. The molecule has 1 aromatic heterocycles. The van der Waals surface area contributed by atoms with Gasteiger partial charge in [-0.3, -0.25) is 4.79 Å². The minimum absolute atomic E-state index is 0.0129. The largest absolute Gasteiger partial charge is 0.494 e. The second kappa shape index (κ2) is 4.79. The molecule has 1 heterocycles. The minimum Gasteiger partial charge on any atom is -0.494 e. The first-order chi connectivity index (χ1) is 9.17. The molecule has 2 aromatic rings. The van der Waals surface area contributed by atoms with Crippen molar-refractivity contribution in [2.75, 3.05) is 11.9 Å². The second-order valence-electron chi connectivity index (χ2n) is 4.58. The van der Waals surface area contributed by atoms with Crippen molar-refractivity contribution in [3.63, 3.8) is 0 Å². The number of hydrogen-bond donors (Lipinski definition) is 2. The van der Waals surface area contributed by atoms with E-state index in [-0.39, 0.29) is 17.9 Å². The van der Waals surface area contributed by atoms with E-state index in [9.17, 15) is 4.79 Å². The van der Waals surface area contributed by atoms with Gasteiger partial charge in [0, 0.05) is 6.04 Å². The summed E-state index contributed by atoms with van der Waals surface area (Å²) in [4.78, 5) is 16.2. The molecule has 1 aromatic carbocycles. The first kappa shape index (κ1) is 12.4. The summed E-state index contributed by atoms with van der Waals surface area (Å²) in [6.07, 6.45) is 0.769. The molecule has 0 saturated heterocycles. The maximum atomic E-state index is 11.8. The molecule has 6 heteroatoms. The average Bonchev–Trinajstić information content (AvgIpc) is 2.97. The molecule has 1 aliphatic carbocycles. The number of fused-ring (bicyclic) bond motifs is 1. The van der Waals surface area contributed by atoms with Crippen LogP contribution in [0.4, 0.5) is 5.13 Å². The third-order valence-corrected chi connectivity index (χ3v) is 4.01. The number of benzene rings is 1. The Labute approximate surface area is 114 Å². The van der Waals surface area contributed by atoms with Crippen LogP contribution in [0.3, 0.4) is 0 Å². The van der Waals surface area contributed by atoms with E-state index in [2.05, 4.69) is 10.3 Å². The summed E-state index contributed by atoms with van der Waals surface area (Å²) in [5.74, 6) is 0.739. The van der Waals surface area contributed by atoms with Crippen LogP contribution in [-0.4, -0.2) is 23.5 Å². The van der Waals surface area contributed by atoms with Gasteiger partial charge in [0.2, 0.25) is 5.91 Å². The number of thiazole rings is 1. The third-order valence-electron chi connectivity index (χ3n) is 3.08. The van der Waals surface area contributed by atoms with Crippen molar-refractivity contribution in [2.45, 2.75) is 19.4 Å². The lowest BCUT2D eigenvalue weighted by Gasteiger charge is -2.00. The molecule has 0 spiro atoms. The van der Waals surface area contributed by atoms with E-state index in [4.69, 9.17) is 10.5 Å². The summed E-state index contributed by atoms with van der Waals surface area (Å²) in [7, 11) is 0. The molecule has 100 valence electrons. The Morgan fingerprint density at radius 1 is 1.63 bits per heavy atom. The first-order valence-electron chi connectivity index (χ1n) is 6.27. The van der Waals surface area contributed by atoms with Crippen molar-refractivity contribution in [1.82, 2.24) is 4.98 Å². The summed E-state index contributed by atoms with van der Waals surface area (Å²) in [6.45, 7) is 2.58. The lowest BCUT2D eigenvalue weighted by Crippen LogP contribution is -2.18. The Balaban J connectivity index is 1.79. The monoisotopic (exact) mass is 277 g/mol. The second-order valence-corrected chi connectivity index (χ2v) is 5.61. The van der Waals surface area contributed by atoms with Gasteiger partial charge in [-0.1, -0.05) is 11.3 Å². The molecule has 1 amide bonds. The number of nitrogens with zero attached hydrogens (tertiary/aromatic N) is 1. The fraction of sp³-hybridized carbons (Fsp3) is 0.385. The van der Waals surface area contributed by atoms with Crippen LogP contribution in [0.25, 0.3) is 10.2 Å². The van der Waals surface area contributed by atoms with Crippen LogP contribution < -0.4 is 15.8 Å². The Hall–Kier alpha value is -1.66. The van der Waals surface area contributed by atoms with Gasteiger partial charge in [-0.15, -0.1) is 0 Å². The number of rotatable bonds is 4. The lowest BCUT2D eigenvalue weighted by molar-refractivity contribution is -0.117. The van der Waals surface area contributed by atoms with E-state index in [0.29, 0.717) is 11.7 Å². The number of ether oxygens (including phenoxy) is 1. The van der Waals surface area contributed by atoms with Gasteiger partial charge in [0.25, 0.3) is 0 Å². The Kier molecular flexibility index (Phi) is 3.12. The zero-order valence-electron chi connectivity index (χ0n) is 10.6. The molecule has 0 aliphatic heterocycles. The van der Waals surface area contributed by atoms with Crippen molar-refractivity contribution in [3.8, 4) is 5.75 Å². The van der Waals surface area contributed by atoms with Crippen LogP contribution in [0, 0.1) is 5.92 Å². The van der Waals surface area contributed by atoms with Crippen molar-refractivity contribution in [3.05, 3.63) is 18.2 Å². The number of anilines is 1. The summed E-state index contributed by atoms with van der Waals surface area (Å²) in [5, 5.41) is 3.44. The van der Waals surface area contributed by atoms with Crippen molar-refractivity contribution >= 4 is 32.6 Å². The predicted molar refractivity (Wildman–Crippen MR) is 75.5 cm³/mol. The van der Waals surface area contributed by atoms with Gasteiger partial charge in [0.15, 0.2) is 5.13 Å². The zero-order chi connectivity index (χ0) is 13.4. The molecule has 1 fully saturated rings. The smallest absolute Gasteiger partial charge is 0.230 e. The van der Waals surface area contributed by atoms with E-state index in [0.717, 1.165) is 22.4 Å². The molecule has 3 rings (SSSR count). The van der Waals surface area contributed by atoms with Gasteiger partial charge in [-0.2, -0.15) is 0 Å². The van der Waals surface area contributed by atoms with Gasteiger partial charge in [0.05, 0.1) is 22.7 Å². The fourth-order valence-corrected chi connectivity index (χ4v) is 2.83. The van der Waals surface area contributed by atoms with E-state index in [1.54, 1.807) is 0 Å². The highest BCUT2D eigenvalue weighted by atomic mass is 32.1. The van der Waals surface area contributed by atoms with Crippen LogP contribution >= 0.6 is 11.3 Å². The van der Waals surface area contributed by atoms with E-state index >= 15 is 0 Å². The van der Waals surface area contributed by atoms with Gasteiger partial charge >= 0.3 is 0 Å². The predicted octanol–water partition coefficient (Wildman–Crippen LogP) is 1.98. The maximum absolute atomic E-state index is 11.8. The normalized spacial score (nSPS) is 21.4. The first-order valence-corrected chi connectivity index (χ1v) is 7.09. The molecule has 1 aliphatic rings. The highest BCUT2D eigenvalue weighted by Gasteiger charge is 2.40. The highest BCUT2D eigenvalue weighted by molar-refractivity contribution is 7.22. The van der Waals surface area contributed by atoms with E-state index < -0.39 is 0 Å². The van der Waals surface area contributed by atoms with Crippen LogP contribution in [-0.2, 0) is 4.79 Å². The number of carbonyl (C=O) groups excluding carboxylic acids is 1. The van der Waals surface area contributed by atoms with Crippen molar-refractivity contribution in [1.29, 1.82) is 0 Å². The topological polar surface area (TPSA) is 77.2 Å². The van der Waals surface area contributed by atoms with Crippen molar-refractivity contribution in [2.24, 2.45) is 11.7 Å². The highest BCUT2D eigenvalue weighted by Crippen LogP contribution is 2.32. The van der Waals surface area contributed by atoms with Gasteiger partial charge in [-0.05, 0) is 31.5 Å². The SMILES string of the molecule is CCOc1ccc2nc(NC(=O)C3CC3N)sc2c1. The number of carbonyl (C=O) groups is 1. The summed E-state index contributed by atoms with van der Waals surface area (Å²) in [6, 6.07) is 5.73.